The second-order valence-electron chi connectivity index (χ2n) is 6.83. The number of piperidine rings is 1. The van der Waals surface area contributed by atoms with Crippen LogP contribution >= 0.6 is 0 Å². The first-order chi connectivity index (χ1) is 9.99. The number of nitrogens with zero attached hydrogens (tertiary/aromatic N) is 1. The SMILES string of the molecule is CC(C)C1CCN(CC(C)C(O)c2ccccc2F)CC1. The highest BCUT2D eigenvalue weighted by Gasteiger charge is 2.25. The van der Waals surface area contributed by atoms with E-state index >= 15 is 0 Å². The van der Waals surface area contributed by atoms with Gasteiger partial charge in [0.05, 0.1) is 6.10 Å². The van der Waals surface area contributed by atoms with Crippen molar-refractivity contribution in [3.63, 3.8) is 0 Å². The van der Waals surface area contributed by atoms with Gasteiger partial charge in [-0.2, -0.15) is 0 Å². The van der Waals surface area contributed by atoms with Crippen LogP contribution < -0.4 is 0 Å². The van der Waals surface area contributed by atoms with Crippen molar-refractivity contribution in [3.05, 3.63) is 35.6 Å². The predicted molar refractivity (Wildman–Crippen MR) is 84.5 cm³/mol. The number of halogens is 1. The summed E-state index contributed by atoms with van der Waals surface area (Å²) in [6.07, 6.45) is 1.74. The van der Waals surface area contributed by atoms with Gasteiger partial charge in [-0.3, -0.25) is 0 Å². The van der Waals surface area contributed by atoms with Crippen molar-refractivity contribution in [2.24, 2.45) is 17.8 Å². The standard InChI is InChI=1S/C18H28FNO/c1-13(2)15-8-10-20(11-9-15)12-14(3)18(21)16-6-4-5-7-17(16)19/h4-7,13-15,18,21H,8-12H2,1-3H3. The van der Waals surface area contributed by atoms with Crippen LogP contribution in [0.5, 0.6) is 0 Å². The lowest BCUT2D eigenvalue weighted by atomic mass is 9.86. The van der Waals surface area contributed by atoms with Crippen LogP contribution in [0.1, 0.15) is 45.3 Å². The zero-order valence-corrected chi connectivity index (χ0v) is 13.4. The molecular formula is C18H28FNO. The van der Waals surface area contributed by atoms with Crippen LogP contribution in [0.2, 0.25) is 0 Å². The summed E-state index contributed by atoms with van der Waals surface area (Å²) in [5.41, 5.74) is 0.419. The fraction of sp³-hybridized carbons (Fsp3) is 0.667. The number of aliphatic hydroxyl groups is 1. The first kappa shape index (κ1) is 16.4. The number of rotatable bonds is 5. The summed E-state index contributed by atoms with van der Waals surface area (Å²) in [4.78, 5) is 2.41. The first-order valence-corrected chi connectivity index (χ1v) is 8.14. The summed E-state index contributed by atoms with van der Waals surface area (Å²) in [6.45, 7) is 9.62. The monoisotopic (exact) mass is 293 g/mol. The van der Waals surface area contributed by atoms with Crippen LogP contribution in [0.15, 0.2) is 24.3 Å². The summed E-state index contributed by atoms with van der Waals surface area (Å²) in [5.74, 6) is 1.31. The molecule has 0 spiro atoms. The summed E-state index contributed by atoms with van der Waals surface area (Å²) in [7, 11) is 0. The van der Waals surface area contributed by atoms with E-state index in [-0.39, 0.29) is 11.7 Å². The minimum Gasteiger partial charge on any atom is -0.388 e. The third-order valence-corrected chi connectivity index (χ3v) is 4.88. The van der Waals surface area contributed by atoms with Crippen molar-refractivity contribution in [2.45, 2.75) is 39.7 Å². The molecule has 1 aliphatic heterocycles. The molecule has 1 fully saturated rings. The Morgan fingerprint density at radius 2 is 1.81 bits per heavy atom. The Morgan fingerprint density at radius 1 is 1.19 bits per heavy atom. The molecule has 1 saturated heterocycles. The fourth-order valence-corrected chi connectivity index (χ4v) is 3.33. The van der Waals surface area contributed by atoms with Crippen LogP contribution in [0, 0.1) is 23.6 Å². The summed E-state index contributed by atoms with van der Waals surface area (Å²) >= 11 is 0. The quantitative estimate of drug-likeness (QED) is 0.891. The molecule has 2 atom stereocenters. The molecule has 0 saturated carbocycles. The average molecular weight is 293 g/mol. The maximum atomic E-state index is 13.7. The molecule has 2 rings (SSSR count). The Hall–Kier alpha value is -0.930. The van der Waals surface area contributed by atoms with Crippen molar-refractivity contribution in [1.29, 1.82) is 0 Å². The third kappa shape index (κ3) is 4.27. The van der Waals surface area contributed by atoms with Crippen molar-refractivity contribution < 1.29 is 9.50 Å². The molecule has 3 heteroatoms. The van der Waals surface area contributed by atoms with Crippen LogP contribution in [0.4, 0.5) is 4.39 Å². The third-order valence-electron chi connectivity index (χ3n) is 4.88. The molecule has 118 valence electrons. The lowest BCUT2D eigenvalue weighted by Gasteiger charge is -2.36. The van der Waals surface area contributed by atoms with Crippen LogP contribution in [-0.2, 0) is 0 Å². The Bertz CT molecular complexity index is 441. The fourth-order valence-electron chi connectivity index (χ4n) is 3.33. The van der Waals surface area contributed by atoms with Crippen LogP contribution in [-0.4, -0.2) is 29.6 Å². The van der Waals surface area contributed by atoms with E-state index in [1.54, 1.807) is 18.2 Å². The molecular weight excluding hydrogens is 265 g/mol. The number of hydrogen-bond acceptors (Lipinski definition) is 2. The van der Waals surface area contributed by atoms with Gasteiger partial charge in [-0.25, -0.2) is 4.39 Å². The molecule has 0 amide bonds. The van der Waals surface area contributed by atoms with Gasteiger partial charge >= 0.3 is 0 Å². The van der Waals surface area contributed by atoms with E-state index in [1.165, 1.54) is 18.9 Å². The Balaban J connectivity index is 1.87. The van der Waals surface area contributed by atoms with E-state index in [0.717, 1.165) is 31.5 Å². The molecule has 1 aromatic carbocycles. The Labute approximate surface area is 128 Å². The van der Waals surface area contributed by atoms with Gasteiger partial charge in [-0.1, -0.05) is 39.0 Å². The van der Waals surface area contributed by atoms with E-state index in [9.17, 15) is 9.50 Å². The highest BCUT2D eigenvalue weighted by Crippen LogP contribution is 2.28. The zero-order chi connectivity index (χ0) is 15.4. The largest absolute Gasteiger partial charge is 0.388 e. The second-order valence-corrected chi connectivity index (χ2v) is 6.83. The average Bonchev–Trinajstić information content (AvgIpc) is 2.47. The van der Waals surface area contributed by atoms with Crippen LogP contribution in [0.3, 0.4) is 0 Å². The van der Waals surface area contributed by atoms with Gasteiger partial charge in [-0.05, 0) is 49.8 Å². The van der Waals surface area contributed by atoms with Gasteiger partial charge in [0.1, 0.15) is 5.82 Å². The topological polar surface area (TPSA) is 23.5 Å². The van der Waals surface area contributed by atoms with Crippen molar-refractivity contribution in [2.75, 3.05) is 19.6 Å². The molecule has 0 bridgehead atoms. The maximum absolute atomic E-state index is 13.7. The molecule has 1 aliphatic rings. The van der Waals surface area contributed by atoms with Gasteiger partial charge in [0, 0.05) is 12.1 Å². The first-order valence-electron chi connectivity index (χ1n) is 8.14. The minimum atomic E-state index is -0.728. The van der Waals surface area contributed by atoms with Gasteiger partial charge in [0.15, 0.2) is 0 Å². The van der Waals surface area contributed by atoms with Crippen LogP contribution in [0.25, 0.3) is 0 Å². The molecule has 0 radical (unpaired) electrons. The molecule has 2 nitrogen and oxygen atoms in total. The van der Waals surface area contributed by atoms with E-state index in [2.05, 4.69) is 18.7 Å². The zero-order valence-electron chi connectivity index (χ0n) is 13.4. The van der Waals surface area contributed by atoms with Gasteiger partial charge in [0.2, 0.25) is 0 Å². The Kier molecular flexibility index (Phi) is 5.77. The van der Waals surface area contributed by atoms with Gasteiger partial charge < -0.3 is 10.0 Å². The molecule has 2 unspecified atom stereocenters. The van der Waals surface area contributed by atoms with Crippen molar-refractivity contribution >= 4 is 0 Å². The van der Waals surface area contributed by atoms with E-state index in [4.69, 9.17) is 0 Å². The normalized spacial score (nSPS) is 20.7. The summed E-state index contributed by atoms with van der Waals surface area (Å²) in [6, 6.07) is 6.54. The predicted octanol–water partition coefficient (Wildman–Crippen LogP) is 3.86. The summed E-state index contributed by atoms with van der Waals surface area (Å²) in [5, 5.41) is 10.4. The van der Waals surface area contributed by atoms with Gasteiger partial charge in [-0.15, -0.1) is 0 Å². The number of aliphatic hydroxyl groups excluding tert-OH is 1. The molecule has 21 heavy (non-hydrogen) atoms. The van der Waals surface area contributed by atoms with Crippen molar-refractivity contribution in [1.82, 2.24) is 4.90 Å². The second kappa shape index (κ2) is 7.37. The Morgan fingerprint density at radius 3 is 2.38 bits per heavy atom. The highest BCUT2D eigenvalue weighted by atomic mass is 19.1. The number of benzene rings is 1. The molecule has 0 aliphatic carbocycles. The van der Waals surface area contributed by atoms with Crippen molar-refractivity contribution in [3.8, 4) is 0 Å². The molecule has 1 N–H and O–H groups in total. The molecule has 1 heterocycles. The maximum Gasteiger partial charge on any atom is 0.129 e. The lowest BCUT2D eigenvalue weighted by molar-refractivity contribution is 0.0685. The number of hydrogen-bond donors (Lipinski definition) is 1. The lowest BCUT2D eigenvalue weighted by Crippen LogP contribution is -2.38. The van der Waals surface area contributed by atoms with Gasteiger partial charge in [0.25, 0.3) is 0 Å². The minimum absolute atomic E-state index is 0.0394. The van der Waals surface area contributed by atoms with E-state index in [0.29, 0.717) is 5.56 Å². The number of likely N-dealkylation sites (tertiary alicyclic amines) is 1. The van der Waals surface area contributed by atoms with E-state index < -0.39 is 6.10 Å². The summed E-state index contributed by atoms with van der Waals surface area (Å²) < 4.78 is 13.7. The molecule has 1 aromatic rings. The molecule has 0 aromatic heterocycles. The highest BCUT2D eigenvalue weighted by molar-refractivity contribution is 5.20. The van der Waals surface area contributed by atoms with E-state index in [1.807, 2.05) is 6.92 Å². The smallest absolute Gasteiger partial charge is 0.129 e.